The van der Waals surface area contributed by atoms with E-state index >= 15 is 0 Å². The summed E-state index contributed by atoms with van der Waals surface area (Å²) < 4.78 is 0. The zero-order chi connectivity index (χ0) is 11.0. The fraction of sp³-hybridized carbons (Fsp3) is 0.222. The van der Waals surface area contributed by atoms with E-state index in [0.29, 0.717) is 0 Å². The number of phenolic OH excluding ortho intramolecular Hbond substituents is 3. The molecule has 0 unspecified atom stereocenters. The maximum Gasteiger partial charge on any atom is 0.315 e. The van der Waals surface area contributed by atoms with Gasteiger partial charge in [0.15, 0.2) is 0 Å². The average molecular weight is 210 g/mol. The van der Waals surface area contributed by atoms with Gasteiger partial charge in [-0.15, -0.1) is 0 Å². The maximum absolute atomic E-state index is 10.9. The van der Waals surface area contributed by atoms with Gasteiger partial charge in [-0.05, 0) is 0 Å². The third kappa shape index (κ3) is 1.61. The van der Waals surface area contributed by atoms with Crippen molar-refractivity contribution in [3.05, 3.63) is 17.7 Å². The Morgan fingerprint density at radius 1 is 1.20 bits per heavy atom. The predicted molar refractivity (Wildman–Crippen MR) is 50.7 cm³/mol. The normalized spacial score (nSPS) is 19.7. The molecule has 0 aromatic heterocycles. The number of benzene rings is 1. The van der Waals surface area contributed by atoms with Crippen molar-refractivity contribution in [2.45, 2.75) is 6.04 Å². The number of rotatable bonds is 1. The van der Waals surface area contributed by atoms with E-state index in [9.17, 15) is 15.0 Å². The summed E-state index contributed by atoms with van der Waals surface area (Å²) in [6, 6.07) is 1.38. The Hall–Kier alpha value is -2.11. The molecule has 2 amide bonds. The van der Waals surface area contributed by atoms with E-state index in [1.165, 1.54) is 0 Å². The summed E-state index contributed by atoms with van der Waals surface area (Å²) in [5, 5.41) is 33.2. The molecular formula is C9H10N2O4. The third-order valence-corrected chi connectivity index (χ3v) is 2.24. The highest BCUT2D eigenvalue weighted by molar-refractivity contribution is 5.77. The van der Waals surface area contributed by atoms with Crippen LogP contribution in [0.5, 0.6) is 17.2 Å². The lowest BCUT2D eigenvalue weighted by Crippen LogP contribution is -2.21. The second-order valence-electron chi connectivity index (χ2n) is 3.30. The Morgan fingerprint density at radius 2 is 1.80 bits per heavy atom. The monoisotopic (exact) mass is 210 g/mol. The molecule has 2 rings (SSSR count). The topological polar surface area (TPSA) is 102 Å². The molecule has 6 nitrogen and oxygen atoms in total. The number of carbonyl (C=O) groups is 1. The quantitative estimate of drug-likeness (QED) is 0.455. The Labute approximate surface area is 85.2 Å². The molecule has 0 aliphatic carbocycles. The fourth-order valence-corrected chi connectivity index (χ4v) is 1.59. The van der Waals surface area contributed by atoms with E-state index in [4.69, 9.17) is 5.11 Å². The number of amides is 2. The minimum atomic E-state index is -0.488. The zero-order valence-corrected chi connectivity index (χ0v) is 7.69. The molecule has 1 atom stereocenters. The van der Waals surface area contributed by atoms with E-state index in [1.54, 1.807) is 0 Å². The van der Waals surface area contributed by atoms with E-state index in [2.05, 4.69) is 10.6 Å². The number of carbonyl (C=O) groups excluding carboxylic acids is 1. The summed E-state index contributed by atoms with van der Waals surface area (Å²) in [5.74, 6) is -0.728. The molecule has 1 heterocycles. The van der Waals surface area contributed by atoms with Crippen molar-refractivity contribution in [1.82, 2.24) is 10.6 Å². The number of phenols is 3. The summed E-state index contributed by atoms with van der Waals surface area (Å²) in [5.41, 5.74) is 0.200. The van der Waals surface area contributed by atoms with Crippen LogP contribution in [0.4, 0.5) is 4.79 Å². The molecule has 15 heavy (non-hydrogen) atoms. The largest absolute Gasteiger partial charge is 0.508 e. The summed E-state index contributed by atoms with van der Waals surface area (Å²) >= 11 is 0. The molecule has 0 radical (unpaired) electrons. The Balaban J connectivity index is 2.39. The first kappa shape index (κ1) is 9.45. The van der Waals surface area contributed by atoms with Crippen LogP contribution in [0.3, 0.4) is 0 Å². The van der Waals surface area contributed by atoms with E-state index in [1.807, 2.05) is 0 Å². The van der Waals surface area contributed by atoms with Crippen LogP contribution in [-0.4, -0.2) is 27.9 Å². The standard InChI is InChI=1S/C9H10N2O4/c12-4-1-6(13)8(7(14)2-4)5-3-10-9(15)11-5/h1-2,5,12-14H,3H2,(H2,10,11,15)/t5-/m0/s1. The molecule has 1 aliphatic rings. The number of aromatic hydroxyl groups is 3. The molecule has 1 aromatic carbocycles. The summed E-state index contributed by atoms with van der Waals surface area (Å²) in [7, 11) is 0. The lowest BCUT2D eigenvalue weighted by Gasteiger charge is -2.13. The highest BCUT2D eigenvalue weighted by Crippen LogP contribution is 2.36. The first-order valence-electron chi connectivity index (χ1n) is 4.37. The summed E-state index contributed by atoms with van der Waals surface area (Å²) in [6.07, 6.45) is 0. The van der Waals surface area contributed by atoms with E-state index < -0.39 is 6.04 Å². The van der Waals surface area contributed by atoms with Crippen LogP contribution in [0.15, 0.2) is 12.1 Å². The molecule has 5 N–H and O–H groups in total. The lowest BCUT2D eigenvalue weighted by atomic mass is 10.0. The minimum Gasteiger partial charge on any atom is -0.508 e. The molecule has 0 bridgehead atoms. The Bertz CT molecular complexity index is 396. The van der Waals surface area contributed by atoms with Crippen molar-refractivity contribution in [2.75, 3.05) is 6.54 Å². The van der Waals surface area contributed by atoms with Crippen molar-refractivity contribution in [3.8, 4) is 17.2 Å². The smallest absolute Gasteiger partial charge is 0.315 e. The molecule has 1 aliphatic heterocycles. The van der Waals surface area contributed by atoms with Gasteiger partial charge in [0.1, 0.15) is 17.2 Å². The van der Waals surface area contributed by atoms with Gasteiger partial charge >= 0.3 is 6.03 Å². The molecule has 0 spiro atoms. The number of urea groups is 1. The van der Waals surface area contributed by atoms with Gasteiger partial charge in [0.05, 0.1) is 11.6 Å². The van der Waals surface area contributed by atoms with Gasteiger partial charge < -0.3 is 26.0 Å². The van der Waals surface area contributed by atoms with Gasteiger partial charge in [-0.2, -0.15) is 0 Å². The van der Waals surface area contributed by atoms with Crippen molar-refractivity contribution in [2.24, 2.45) is 0 Å². The van der Waals surface area contributed by atoms with Crippen molar-refractivity contribution in [1.29, 1.82) is 0 Å². The van der Waals surface area contributed by atoms with Gasteiger partial charge in [-0.3, -0.25) is 0 Å². The number of hydrogen-bond acceptors (Lipinski definition) is 4. The molecule has 80 valence electrons. The van der Waals surface area contributed by atoms with Crippen LogP contribution in [0.2, 0.25) is 0 Å². The van der Waals surface area contributed by atoms with Crippen LogP contribution in [0, 0.1) is 0 Å². The highest BCUT2D eigenvalue weighted by atomic mass is 16.3. The minimum absolute atomic E-state index is 0.200. The zero-order valence-electron chi connectivity index (χ0n) is 7.69. The Morgan fingerprint density at radius 3 is 2.27 bits per heavy atom. The van der Waals surface area contributed by atoms with Crippen LogP contribution >= 0.6 is 0 Å². The molecule has 1 fully saturated rings. The lowest BCUT2D eigenvalue weighted by molar-refractivity contribution is 0.247. The highest BCUT2D eigenvalue weighted by Gasteiger charge is 2.27. The predicted octanol–water partition coefficient (Wildman–Crippen LogP) is 0.157. The summed E-state index contributed by atoms with van der Waals surface area (Å²) in [6.45, 7) is 0.282. The molecule has 1 saturated heterocycles. The van der Waals surface area contributed by atoms with Gasteiger partial charge in [0, 0.05) is 18.7 Å². The van der Waals surface area contributed by atoms with Crippen molar-refractivity contribution < 1.29 is 20.1 Å². The fourth-order valence-electron chi connectivity index (χ4n) is 1.59. The van der Waals surface area contributed by atoms with E-state index in [-0.39, 0.29) is 35.4 Å². The van der Waals surface area contributed by atoms with Crippen LogP contribution in [-0.2, 0) is 0 Å². The van der Waals surface area contributed by atoms with Gasteiger partial charge in [0.2, 0.25) is 0 Å². The summed E-state index contributed by atoms with van der Waals surface area (Å²) in [4.78, 5) is 10.9. The first-order valence-corrected chi connectivity index (χ1v) is 4.37. The van der Waals surface area contributed by atoms with Gasteiger partial charge in [-0.25, -0.2) is 4.79 Å². The van der Waals surface area contributed by atoms with Gasteiger partial charge in [-0.1, -0.05) is 0 Å². The maximum atomic E-state index is 10.9. The number of nitrogens with one attached hydrogen (secondary N) is 2. The number of hydrogen-bond donors (Lipinski definition) is 5. The van der Waals surface area contributed by atoms with E-state index in [0.717, 1.165) is 12.1 Å². The molecular weight excluding hydrogens is 200 g/mol. The Kier molecular flexibility index (Phi) is 2.03. The second kappa shape index (κ2) is 3.23. The first-order chi connectivity index (χ1) is 7.08. The SMILES string of the molecule is O=C1NC[C@@H](c2c(O)cc(O)cc2O)N1. The second-order valence-corrected chi connectivity index (χ2v) is 3.30. The van der Waals surface area contributed by atoms with Crippen LogP contribution in [0.25, 0.3) is 0 Å². The average Bonchev–Trinajstić information content (AvgIpc) is 2.49. The van der Waals surface area contributed by atoms with Gasteiger partial charge in [0.25, 0.3) is 0 Å². The molecule has 1 aromatic rings. The van der Waals surface area contributed by atoms with Crippen LogP contribution < -0.4 is 10.6 Å². The third-order valence-electron chi connectivity index (χ3n) is 2.24. The molecule has 0 saturated carbocycles. The van der Waals surface area contributed by atoms with Crippen LogP contribution in [0.1, 0.15) is 11.6 Å². The van der Waals surface area contributed by atoms with Crippen molar-refractivity contribution in [3.63, 3.8) is 0 Å². The van der Waals surface area contributed by atoms with Crippen molar-refractivity contribution >= 4 is 6.03 Å². The molecule has 6 heteroatoms.